The zero-order chi connectivity index (χ0) is 13.3. The molecule has 6 heteroatoms. The zero-order valence-electron chi connectivity index (χ0n) is 9.24. The van der Waals surface area contributed by atoms with Crippen molar-refractivity contribution in [3.63, 3.8) is 0 Å². The summed E-state index contributed by atoms with van der Waals surface area (Å²) in [5, 5.41) is 9.73. The third kappa shape index (κ3) is 2.29. The Kier molecular flexibility index (Phi) is 2.98. The number of phenols is 1. The molecule has 2 rings (SSSR count). The summed E-state index contributed by atoms with van der Waals surface area (Å²) in [6, 6.07) is 10.2. The highest BCUT2D eigenvalue weighted by molar-refractivity contribution is 7.86. The van der Waals surface area contributed by atoms with E-state index in [4.69, 9.17) is 10.3 Å². The summed E-state index contributed by atoms with van der Waals surface area (Å²) < 4.78 is 31.7. The lowest BCUT2D eigenvalue weighted by Crippen LogP contribution is -2.01. The maximum Gasteiger partial charge on any atom is 0.295 e. The van der Waals surface area contributed by atoms with Gasteiger partial charge in [-0.2, -0.15) is 8.42 Å². The van der Waals surface area contributed by atoms with Crippen LogP contribution >= 0.6 is 0 Å². The molecule has 0 aliphatic rings. The standard InChI is InChI=1S/C12H11NO4S/c13-8-5-6-12(18(15,16)17)10(7-8)9-3-1-2-4-11(9)14/h1-7,14H,13H2,(H,15,16,17). The van der Waals surface area contributed by atoms with Crippen LogP contribution in [0, 0.1) is 0 Å². The molecule has 0 amide bonds. The number of hydrogen-bond donors (Lipinski definition) is 3. The third-order valence-corrected chi connectivity index (χ3v) is 3.39. The summed E-state index contributed by atoms with van der Waals surface area (Å²) in [7, 11) is -4.38. The monoisotopic (exact) mass is 265 g/mol. The highest BCUT2D eigenvalue weighted by Gasteiger charge is 2.18. The molecule has 0 atom stereocenters. The molecule has 0 radical (unpaired) electrons. The lowest BCUT2D eigenvalue weighted by atomic mass is 10.0. The van der Waals surface area contributed by atoms with Crippen molar-refractivity contribution in [1.29, 1.82) is 0 Å². The number of nitrogens with two attached hydrogens (primary N) is 1. The van der Waals surface area contributed by atoms with Gasteiger partial charge in [-0.25, -0.2) is 0 Å². The Morgan fingerprint density at radius 1 is 1.00 bits per heavy atom. The maximum atomic E-state index is 11.3. The van der Waals surface area contributed by atoms with Crippen molar-refractivity contribution in [3.05, 3.63) is 42.5 Å². The topological polar surface area (TPSA) is 101 Å². The molecule has 5 nitrogen and oxygen atoms in total. The fraction of sp³-hybridized carbons (Fsp3) is 0. The zero-order valence-corrected chi connectivity index (χ0v) is 10.1. The van der Waals surface area contributed by atoms with Gasteiger partial charge in [0.05, 0.1) is 0 Å². The quantitative estimate of drug-likeness (QED) is 0.568. The molecular weight excluding hydrogens is 254 g/mol. The number of rotatable bonds is 2. The van der Waals surface area contributed by atoms with E-state index < -0.39 is 10.1 Å². The molecule has 4 N–H and O–H groups in total. The van der Waals surface area contributed by atoms with Crippen LogP contribution in [0.25, 0.3) is 11.1 Å². The van der Waals surface area contributed by atoms with Crippen molar-refractivity contribution in [2.45, 2.75) is 4.90 Å². The molecule has 2 aromatic rings. The number of aromatic hydroxyl groups is 1. The first-order valence-corrected chi connectivity index (χ1v) is 6.49. The van der Waals surface area contributed by atoms with Gasteiger partial charge >= 0.3 is 0 Å². The molecule has 94 valence electrons. The Bertz CT molecular complexity index is 695. The van der Waals surface area contributed by atoms with Crippen molar-refractivity contribution >= 4 is 15.8 Å². The van der Waals surface area contributed by atoms with Gasteiger partial charge in [-0.15, -0.1) is 0 Å². The van der Waals surface area contributed by atoms with Crippen LogP contribution in [0.2, 0.25) is 0 Å². The first kappa shape index (κ1) is 12.4. The summed E-state index contributed by atoms with van der Waals surface area (Å²) >= 11 is 0. The molecule has 0 unspecified atom stereocenters. The second-order valence-corrected chi connectivity index (χ2v) is 5.14. The number of hydrogen-bond acceptors (Lipinski definition) is 4. The molecule has 0 fully saturated rings. The first-order valence-electron chi connectivity index (χ1n) is 5.05. The van der Waals surface area contributed by atoms with Gasteiger partial charge in [-0.3, -0.25) is 4.55 Å². The molecule has 0 saturated heterocycles. The van der Waals surface area contributed by atoms with Crippen LogP contribution in [0.3, 0.4) is 0 Å². The number of phenolic OH excluding ortho intramolecular Hbond substituents is 1. The second kappa shape index (κ2) is 4.32. The van der Waals surface area contributed by atoms with Gasteiger partial charge in [0.2, 0.25) is 0 Å². The minimum atomic E-state index is -4.38. The van der Waals surface area contributed by atoms with Gasteiger partial charge in [-0.05, 0) is 24.3 Å². The normalized spacial score (nSPS) is 11.4. The van der Waals surface area contributed by atoms with E-state index >= 15 is 0 Å². The van der Waals surface area contributed by atoms with Crippen LogP contribution in [0.4, 0.5) is 5.69 Å². The minimum absolute atomic E-state index is 0.0898. The Hall–Kier alpha value is -2.05. The summed E-state index contributed by atoms with van der Waals surface area (Å²) in [6.45, 7) is 0. The fourth-order valence-electron chi connectivity index (χ4n) is 1.68. The summed E-state index contributed by atoms with van der Waals surface area (Å²) in [5.74, 6) is -0.0898. The number of anilines is 1. The van der Waals surface area contributed by atoms with E-state index in [-0.39, 0.29) is 21.8 Å². The molecule has 18 heavy (non-hydrogen) atoms. The molecule has 0 heterocycles. The third-order valence-electron chi connectivity index (χ3n) is 2.48. The first-order chi connectivity index (χ1) is 8.39. The fourth-order valence-corrected chi connectivity index (χ4v) is 2.37. The molecule has 0 spiro atoms. The molecule has 0 aliphatic heterocycles. The van der Waals surface area contributed by atoms with Crippen LogP contribution in [0.15, 0.2) is 47.4 Å². The van der Waals surface area contributed by atoms with E-state index in [1.807, 2.05) is 0 Å². The predicted octanol–water partition coefficient (Wildman–Crippen LogP) is 1.89. The molecule has 2 aromatic carbocycles. The van der Waals surface area contributed by atoms with E-state index in [0.29, 0.717) is 5.69 Å². The highest BCUT2D eigenvalue weighted by Crippen LogP contribution is 2.34. The van der Waals surface area contributed by atoms with Crippen LogP contribution in [-0.4, -0.2) is 18.1 Å². The van der Waals surface area contributed by atoms with Gasteiger partial charge in [0.1, 0.15) is 10.6 Å². The van der Waals surface area contributed by atoms with E-state index in [1.54, 1.807) is 18.2 Å². The number of benzene rings is 2. The van der Waals surface area contributed by atoms with Gasteiger partial charge in [0.15, 0.2) is 0 Å². The van der Waals surface area contributed by atoms with Crippen LogP contribution < -0.4 is 5.73 Å². The van der Waals surface area contributed by atoms with E-state index in [0.717, 1.165) is 0 Å². The van der Waals surface area contributed by atoms with Gasteiger partial charge < -0.3 is 10.8 Å². The number of nitrogen functional groups attached to an aromatic ring is 1. The van der Waals surface area contributed by atoms with E-state index in [2.05, 4.69) is 0 Å². The highest BCUT2D eigenvalue weighted by atomic mass is 32.2. The molecule has 0 aromatic heterocycles. The Morgan fingerprint density at radius 2 is 1.67 bits per heavy atom. The maximum absolute atomic E-state index is 11.3. The van der Waals surface area contributed by atoms with Crippen molar-refractivity contribution < 1.29 is 18.1 Å². The molecule has 0 saturated carbocycles. The average Bonchev–Trinajstić information content (AvgIpc) is 2.27. The van der Waals surface area contributed by atoms with Crippen molar-refractivity contribution in [2.24, 2.45) is 0 Å². The molecule has 0 aliphatic carbocycles. The molecular formula is C12H11NO4S. The SMILES string of the molecule is Nc1ccc(S(=O)(=O)O)c(-c2ccccc2O)c1. The number of para-hydroxylation sites is 1. The summed E-state index contributed by atoms with van der Waals surface area (Å²) in [4.78, 5) is -0.293. The van der Waals surface area contributed by atoms with Crippen LogP contribution in [0.5, 0.6) is 5.75 Å². The van der Waals surface area contributed by atoms with Gasteiger partial charge in [-0.1, -0.05) is 18.2 Å². The largest absolute Gasteiger partial charge is 0.507 e. The minimum Gasteiger partial charge on any atom is -0.507 e. The summed E-state index contributed by atoms with van der Waals surface area (Å²) in [6.07, 6.45) is 0. The Morgan fingerprint density at radius 3 is 2.28 bits per heavy atom. The van der Waals surface area contributed by atoms with Crippen molar-refractivity contribution in [1.82, 2.24) is 0 Å². The van der Waals surface area contributed by atoms with Crippen LogP contribution in [-0.2, 0) is 10.1 Å². The lowest BCUT2D eigenvalue weighted by Gasteiger charge is -2.09. The van der Waals surface area contributed by atoms with E-state index in [9.17, 15) is 13.5 Å². The lowest BCUT2D eigenvalue weighted by molar-refractivity contribution is 0.476. The second-order valence-electron chi connectivity index (χ2n) is 3.75. The Balaban J connectivity index is 2.79. The van der Waals surface area contributed by atoms with Crippen LogP contribution in [0.1, 0.15) is 0 Å². The van der Waals surface area contributed by atoms with Crippen molar-refractivity contribution in [2.75, 3.05) is 5.73 Å². The predicted molar refractivity (Wildman–Crippen MR) is 67.8 cm³/mol. The smallest absolute Gasteiger partial charge is 0.295 e. The van der Waals surface area contributed by atoms with Crippen molar-refractivity contribution in [3.8, 4) is 16.9 Å². The van der Waals surface area contributed by atoms with E-state index in [1.165, 1.54) is 24.3 Å². The Labute approximate surface area is 104 Å². The summed E-state index contributed by atoms with van der Waals surface area (Å²) in [5.41, 5.74) is 6.39. The van der Waals surface area contributed by atoms with Gasteiger partial charge in [0.25, 0.3) is 10.1 Å². The molecule has 0 bridgehead atoms. The van der Waals surface area contributed by atoms with Gasteiger partial charge in [0, 0.05) is 16.8 Å². The average molecular weight is 265 g/mol.